The number of phenolic OH excluding ortho intramolecular Hbond substituents is 1. The number of fused-ring (bicyclic) bond motifs is 1. The van der Waals surface area contributed by atoms with Crippen LogP contribution in [0.1, 0.15) is 12.0 Å². The fourth-order valence-corrected chi connectivity index (χ4v) is 2.64. The summed E-state index contributed by atoms with van der Waals surface area (Å²) >= 11 is 0. The van der Waals surface area contributed by atoms with E-state index in [1.165, 1.54) is 14.2 Å². The van der Waals surface area contributed by atoms with Crippen LogP contribution in [0, 0.1) is 0 Å². The number of anilines is 1. The topological polar surface area (TPSA) is 108 Å². The average molecular weight is 373 g/mol. The molecular formula is C19H23N3O5. The number of benzene rings is 2. The first-order chi connectivity index (χ1) is 13.1. The standard InChI is InChI=1S/C19H23N3O5/c1-24-16-8-12(9-17(25-2)18(16)23)11-21-19(20)22-13-4-5-14-15(10-13)27-7-3-6-26-14/h4-5,8-10,23H,3,6-7,11H2,1-2H3,(H3,20,21,22). The number of hydrogen-bond donors (Lipinski definition) is 3. The molecule has 0 spiro atoms. The van der Waals surface area contributed by atoms with Crippen molar-refractivity contribution in [2.24, 2.45) is 10.7 Å². The van der Waals surface area contributed by atoms with Gasteiger partial charge in [0.15, 0.2) is 29.0 Å². The van der Waals surface area contributed by atoms with Gasteiger partial charge in [-0.05, 0) is 29.8 Å². The van der Waals surface area contributed by atoms with E-state index in [4.69, 9.17) is 24.7 Å². The number of ether oxygens (including phenoxy) is 4. The summed E-state index contributed by atoms with van der Waals surface area (Å²) in [7, 11) is 2.95. The maximum absolute atomic E-state index is 9.96. The first-order valence-electron chi connectivity index (χ1n) is 8.51. The Labute approximate surface area is 157 Å². The van der Waals surface area contributed by atoms with Crippen LogP contribution in [-0.2, 0) is 6.54 Å². The molecule has 0 bridgehead atoms. The van der Waals surface area contributed by atoms with Crippen molar-refractivity contribution in [3.05, 3.63) is 35.9 Å². The van der Waals surface area contributed by atoms with Crippen molar-refractivity contribution in [3.63, 3.8) is 0 Å². The number of nitrogens with zero attached hydrogens (tertiary/aromatic N) is 1. The number of hydrogen-bond acceptors (Lipinski definition) is 6. The van der Waals surface area contributed by atoms with Gasteiger partial charge in [-0.25, -0.2) is 4.99 Å². The van der Waals surface area contributed by atoms with Crippen LogP contribution in [0.4, 0.5) is 5.69 Å². The van der Waals surface area contributed by atoms with Gasteiger partial charge in [-0.15, -0.1) is 0 Å². The minimum Gasteiger partial charge on any atom is -0.502 e. The van der Waals surface area contributed by atoms with Crippen molar-refractivity contribution in [2.45, 2.75) is 13.0 Å². The number of rotatable bonds is 5. The molecule has 0 unspecified atom stereocenters. The van der Waals surface area contributed by atoms with E-state index in [2.05, 4.69) is 10.3 Å². The summed E-state index contributed by atoms with van der Waals surface area (Å²) < 4.78 is 21.6. The lowest BCUT2D eigenvalue weighted by Gasteiger charge is -2.12. The van der Waals surface area contributed by atoms with Crippen LogP contribution in [0.15, 0.2) is 35.3 Å². The molecule has 144 valence electrons. The Kier molecular flexibility index (Phi) is 5.75. The highest BCUT2D eigenvalue weighted by Gasteiger charge is 2.12. The number of phenols is 1. The van der Waals surface area contributed by atoms with Gasteiger partial charge in [0.1, 0.15) is 0 Å². The Bertz CT molecular complexity index is 813. The molecule has 27 heavy (non-hydrogen) atoms. The molecule has 2 aromatic carbocycles. The number of aromatic hydroxyl groups is 1. The predicted molar refractivity (Wildman–Crippen MR) is 102 cm³/mol. The first-order valence-corrected chi connectivity index (χ1v) is 8.51. The van der Waals surface area contributed by atoms with E-state index in [1.54, 1.807) is 12.1 Å². The summed E-state index contributed by atoms with van der Waals surface area (Å²) in [5.74, 6) is 2.22. The van der Waals surface area contributed by atoms with Gasteiger partial charge >= 0.3 is 0 Å². The SMILES string of the molecule is COc1cc(CN=C(N)Nc2ccc3c(c2)OCCCO3)cc(OC)c1O. The third-order valence-electron chi connectivity index (χ3n) is 3.99. The van der Waals surface area contributed by atoms with Crippen LogP contribution < -0.4 is 30.0 Å². The molecule has 8 heteroatoms. The van der Waals surface area contributed by atoms with Crippen molar-refractivity contribution in [1.29, 1.82) is 0 Å². The molecule has 2 aromatic rings. The minimum absolute atomic E-state index is 0.0500. The quantitative estimate of drug-likeness (QED) is 0.546. The van der Waals surface area contributed by atoms with Crippen molar-refractivity contribution < 1.29 is 24.1 Å². The zero-order chi connectivity index (χ0) is 19.2. The maximum Gasteiger partial charge on any atom is 0.200 e. The molecule has 0 atom stereocenters. The van der Waals surface area contributed by atoms with Crippen LogP contribution in [-0.4, -0.2) is 38.5 Å². The number of guanidine groups is 1. The highest BCUT2D eigenvalue weighted by Crippen LogP contribution is 2.37. The van der Waals surface area contributed by atoms with E-state index >= 15 is 0 Å². The number of nitrogens with one attached hydrogen (secondary N) is 1. The zero-order valence-electron chi connectivity index (χ0n) is 15.3. The van der Waals surface area contributed by atoms with Gasteiger partial charge in [0.25, 0.3) is 0 Å². The van der Waals surface area contributed by atoms with Crippen molar-refractivity contribution in [2.75, 3.05) is 32.8 Å². The van der Waals surface area contributed by atoms with Crippen LogP contribution in [0.2, 0.25) is 0 Å². The van der Waals surface area contributed by atoms with Gasteiger partial charge in [-0.3, -0.25) is 0 Å². The lowest BCUT2D eigenvalue weighted by Crippen LogP contribution is -2.22. The molecule has 0 amide bonds. The molecule has 8 nitrogen and oxygen atoms in total. The van der Waals surface area contributed by atoms with Crippen LogP contribution >= 0.6 is 0 Å². The molecule has 0 aliphatic carbocycles. The van der Waals surface area contributed by atoms with Gasteiger partial charge in [0, 0.05) is 18.2 Å². The molecular weight excluding hydrogens is 350 g/mol. The molecule has 1 heterocycles. The molecule has 1 aliphatic rings. The van der Waals surface area contributed by atoms with Crippen LogP contribution in [0.5, 0.6) is 28.7 Å². The lowest BCUT2D eigenvalue weighted by atomic mass is 10.2. The van der Waals surface area contributed by atoms with Crippen LogP contribution in [0.3, 0.4) is 0 Å². The Morgan fingerprint density at radius 3 is 2.44 bits per heavy atom. The number of aliphatic imine (C=N–C) groups is 1. The molecule has 4 N–H and O–H groups in total. The zero-order valence-corrected chi connectivity index (χ0v) is 15.3. The largest absolute Gasteiger partial charge is 0.502 e. The van der Waals surface area contributed by atoms with Gasteiger partial charge in [0.2, 0.25) is 5.75 Å². The third kappa shape index (κ3) is 4.46. The fraction of sp³-hybridized carbons (Fsp3) is 0.316. The van der Waals surface area contributed by atoms with Gasteiger partial charge in [0.05, 0.1) is 34.0 Å². The Balaban J connectivity index is 1.71. The van der Waals surface area contributed by atoms with Gasteiger partial charge < -0.3 is 35.1 Å². The summed E-state index contributed by atoms with van der Waals surface area (Å²) in [5.41, 5.74) is 7.52. The Morgan fingerprint density at radius 2 is 1.78 bits per heavy atom. The van der Waals surface area contributed by atoms with E-state index in [9.17, 15) is 5.11 Å². The van der Waals surface area contributed by atoms with Crippen molar-refractivity contribution >= 4 is 11.6 Å². The summed E-state index contributed by atoms with van der Waals surface area (Å²) in [6.45, 7) is 1.55. The van der Waals surface area contributed by atoms with Crippen LogP contribution in [0.25, 0.3) is 0 Å². The van der Waals surface area contributed by atoms with E-state index < -0.39 is 0 Å². The van der Waals surface area contributed by atoms with E-state index in [1.807, 2.05) is 18.2 Å². The monoisotopic (exact) mass is 373 g/mol. The van der Waals surface area contributed by atoms with E-state index in [0.29, 0.717) is 30.5 Å². The second-order valence-corrected chi connectivity index (χ2v) is 5.89. The molecule has 0 fully saturated rings. The van der Waals surface area contributed by atoms with Gasteiger partial charge in [-0.1, -0.05) is 0 Å². The maximum atomic E-state index is 9.96. The lowest BCUT2D eigenvalue weighted by molar-refractivity contribution is 0.297. The Hall–Kier alpha value is -3.29. The number of methoxy groups -OCH3 is 2. The second-order valence-electron chi connectivity index (χ2n) is 5.89. The molecule has 0 saturated carbocycles. The third-order valence-corrected chi connectivity index (χ3v) is 3.99. The number of nitrogens with two attached hydrogens (primary N) is 1. The van der Waals surface area contributed by atoms with Crippen molar-refractivity contribution in [3.8, 4) is 28.7 Å². The molecule has 0 saturated heterocycles. The Morgan fingerprint density at radius 1 is 1.11 bits per heavy atom. The molecule has 1 aliphatic heterocycles. The summed E-state index contributed by atoms with van der Waals surface area (Å²) in [4.78, 5) is 4.32. The molecule has 3 rings (SSSR count). The highest BCUT2D eigenvalue weighted by molar-refractivity contribution is 5.92. The van der Waals surface area contributed by atoms with E-state index in [0.717, 1.165) is 23.4 Å². The summed E-state index contributed by atoms with van der Waals surface area (Å²) in [6.07, 6.45) is 0.848. The predicted octanol–water partition coefficient (Wildman–Crippen LogP) is 2.50. The first kappa shape index (κ1) is 18.5. The average Bonchev–Trinajstić information content (AvgIpc) is 2.92. The van der Waals surface area contributed by atoms with Crippen molar-refractivity contribution in [1.82, 2.24) is 0 Å². The molecule has 0 radical (unpaired) electrons. The fourth-order valence-electron chi connectivity index (χ4n) is 2.64. The highest BCUT2D eigenvalue weighted by atomic mass is 16.5. The summed E-state index contributed by atoms with van der Waals surface area (Å²) in [6, 6.07) is 8.88. The smallest absolute Gasteiger partial charge is 0.200 e. The minimum atomic E-state index is -0.0500. The summed E-state index contributed by atoms with van der Waals surface area (Å²) in [5, 5.41) is 13.0. The van der Waals surface area contributed by atoms with E-state index in [-0.39, 0.29) is 18.3 Å². The second kappa shape index (κ2) is 8.39. The van der Waals surface area contributed by atoms with Gasteiger partial charge in [-0.2, -0.15) is 0 Å². The molecule has 0 aromatic heterocycles. The normalized spacial score (nSPS) is 13.6.